The van der Waals surface area contributed by atoms with Gasteiger partial charge < -0.3 is 66.0 Å². The lowest BCUT2D eigenvalue weighted by Gasteiger charge is -2.12. The molecule has 17 rings (SSSR count). The van der Waals surface area contributed by atoms with Gasteiger partial charge in [-0.15, -0.1) is 5.10 Å². The number of amides is 1. The molecule has 1 amide bonds. The number of ether oxygens (including phenoxy) is 2. The van der Waals surface area contributed by atoms with Crippen LogP contribution >= 0.6 is 15.9 Å². The lowest BCUT2D eigenvalue weighted by Crippen LogP contribution is -2.22. The van der Waals surface area contributed by atoms with Gasteiger partial charge >= 0.3 is 11.9 Å². The highest BCUT2D eigenvalue weighted by atomic mass is 79.9. The minimum Gasteiger partial charge on any atom is -0.465 e. The van der Waals surface area contributed by atoms with Gasteiger partial charge in [-0.1, -0.05) is 31.1 Å². The summed E-state index contributed by atoms with van der Waals surface area (Å²) < 4.78 is 29.2. The van der Waals surface area contributed by atoms with E-state index < -0.39 is 0 Å². The van der Waals surface area contributed by atoms with Crippen LogP contribution in [-0.2, 0) is 64.0 Å². The van der Waals surface area contributed by atoms with Crippen LogP contribution in [0.1, 0.15) is 201 Å². The second-order valence-electron chi connectivity index (χ2n) is 31.2. The maximum absolute atomic E-state index is 11.8. The van der Waals surface area contributed by atoms with Crippen molar-refractivity contribution in [3.63, 3.8) is 0 Å². The number of anilines is 8. The van der Waals surface area contributed by atoms with E-state index in [9.17, 15) is 14.4 Å². The first-order valence-corrected chi connectivity index (χ1v) is 44.1. The fraction of sp³-hybridized carbons (Fsp3) is 0.446. The highest BCUT2D eigenvalue weighted by Crippen LogP contribution is 2.43. The Bertz CT molecular complexity index is 5450. The van der Waals surface area contributed by atoms with E-state index in [0.29, 0.717) is 33.0 Å². The maximum Gasteiger partial charge on any atom is 0.338 e. The molecule has 0 aliphatic heterocycles. The molecular weight excluding hydrogens is 1720 g/mol. The third-order valence-corrected chi connectivity index (χ3v) is 21.0. The van der Waals surface area contributed by atoms with Gasteiger partial charge in [0, 0.05) is 223 Å². The summed E-state index contributed by atoms with van der Waals surface area (Å²) in [6.07, 6.45) is 14.8. The molecule has 0 bridgehead atoms. The Kier molecular flexibility index (Phi) is 38.9. The molecule has 37 nitrogen and oxygen atoms in total. The summed E-state index contributed by atoms with van der Waals surface area (Å²) in [5.74, 6) is 12.7. The number of carbonyl (C=O) groups excluding carboxylic acids is 3. The van der Waals surface area contributed by atoms with Crippen LogP contribution in [0.2, 0.25) is 0 Å². The van der Waals surface area contributed by atoms with E-state index in [1.165, 1.54) is 88.4 Å². The van der Waals surface area contributed by atoms with Gasteiger partial charge in [-0.3, -0.25) is 28.5 Å². The van der Waals surface area contributed by atoms with E-state index in [4.69, 9.17) is 9.05 Å². The topological polar surface area (TPSA) is 426 Å². The smallest absolute Gasteiger partial charge is 0.338 e. The standard InChI is InChI=1S/C11H13N3O.C11H17N3O.C10H12N4O.C10H13NO2.C9H10BrNO2.C9H12N6.4C8H13N3/c1-7-11(8(2)15-14-7)9-4-5-13-10(6-9)12-3;1-5-9-6-8(11(15)14(3)4)7-10(12-2)13-9;1-6-4-8(5-9(11-3)12-6)10-13-7(2)15-14-10;1-4-9-6-8(10(12)13-3)5-7(2)11-9;1-3-7-4-6(9(12)13-2)5-8(10)11-7;1-6-4-7(5-8(10-2)11-6)9-12-13-14-15(9)3;4*1-9-8-5-7(6-3-4-6)10-11(8)2/h4-6H,1-3H3,(H,12,13);6-7H,5H2,1-4H3,(H,12,13);4-5H,1-3H3,(H,11,12);5-6H,4H2,1-3H3;4-5H,3H2,1-2H3;4-5H,1-3H3,(H,10,11);4*5-6,9H,3-4H2,1-2H3. The van der Waals surface area contributed by atoms with Crippen molar-refractivity contribution in [2.75, 3.05) is 127 Å². The van der Waals surface area contributed by atoms with E-state index in [2.05, 4.69) is 173 Å². The van der Waals surface area contributed by atoms with Gasteiger partial charge in [-0.2, -0.15) is 25.4 Å². The number of tetrazole rings is 1. The van der Waals surface area contributed by atoms with Crippen LogP contribution in [0.5, 0.6) is 0 Å². The molecule has 0 aromatic carbocycles. The van der Waals surface area contributed by atoms with E-state index in [0.717, 1.165) is 163 Å². The number of rotatable bonds is 21. The molecule has 4 fully saturated rings. The Morgan fingerprint density at radius 3 is 1.21 bits per heavy atom. The number of esters is 2. The zero-order valence-corrected chi connectivity index (χ0v) is 81.6. The number of carbonyl (C=O) groups is 3. The molecule has 0 spiro atoms. The number of hydrogen-bond acceptors (Lipinski definition) is 31. The van der Waals surface area contributed by atoms with Crippen LogP contribution in [0.3, 0.4) is 0 Å². The van der Waals surface area contributed by atoms with Crippen molar-refractivity contribution in [1.29, 1.82) is 0 Å². The largest absolute Gasteiger partial charge is 0.465 e. The number of pyridine rings is 6. The summed E-state index contributed by atoms with van der Waals surface area (Å²) in [7, 11) is 30.9. The fourth-order valence-corrected chi connectivity index (χ4v) is 13.4. The number of halogens is 1. The average Bonchev–Trinajstić information content (AvgIpc) is 1.68. The first kappa shape index (κ1) is 102. The Morgan fingerprint density at radius 2 is 0.838 bits per heavy atom. The number of nitrogens with one attached hydrogen (secondary N) is 8. The first-order valence-electron chi connectivity index (χ1n) is 43.3. The van der Waals surface area contributed by atoms with Crippen molar-refractivity contribution in [2.24, 2.45) is 35.2 Å². The van der Waals surface area contributed by atoms with Crippen LogP contribution in [0.25, 0.3) is 33.9 Å². The lowest BCUT2D eigenvalue weighted by atomic mass is 10.1. The minimum atomic E-state index is -0.335. The number of aromatic nitrogens is 21. The number of methoxy groups -OCH3 is 2. The molecule has 0 saturated heterocycles. The van der Waals surface area contributed by atoms with Gasteiger partial charge in [0.05, 0.1) is 53.8 Å². The van der Waals surface area contributed by atoms with Crippen LogP contribution in [0, 0.1) is 41.5 Å². The molecule has 0 radical (unpaired) electrons. The Hall–Kier alpha value is -13.6. The summed E-state index contributed by atoms with van der Waals surface area (Å²) in [6.45, 7) is 17.4. The monoisotopic (exact) mass is 1840 g/mol. The second kappa shape index (κ2) is 49.7. The van der Waals surface area contributed by atoms with E-state index in [1.54, 1.807) is 74.2 Å². The summed E-state index contributed by atoms with van der Waals surface area (Å²) in [4.78, 5) is 65.4. The van der Waals surface area contributed by atoms with Gasteiger partial charge in [-0.05, 0) is 210 Å². The number of hydrogen-bond donors (Lipinski definition) is 8. The van der Waals surface area contributed by atoms with Crippen molar-refractivity contribution in [3.05, 3.63) is 199 Å². The van der Waals surface area contributed by atoms with E-state index >= 15 is 0 Å². The minimum absolute atomic E-state index is 0.00333. The molecule has 13 heterocycles. The maximum atomic E-state index is 11.8. The van der Waals surface area contributed by atoms with Gasteiger partial charge in [0.2, 0.25) is 11.7 Å². The molecule has 4 aliphatic carbocycles. The van der Waals surface area contributed by atoms with Crippen LogP contribution in [0.4, 0.5) is 46.5 Å². The third kappa shape index (κ3) is 30.9. The van der Waals surface area contributed by atoms with E-state index in [-0.39, 0.29) is 17.8 Å². The Labute approximate surface area is 770 Å². The van der Waals surface area contributed by atoms with Crippen molar-refractivity contribution < 1.29 is 32.9 Å². The number of aryl methyl sites for hydroxylation is 14. The first-order chi connectivity index (χ1) is 62.3. The summed E-state index contributed by atoms with van der Waals surface area (Å²) in [5.41, 5.74) is 17.1. The molecule has 130 heavy (non-hydrogen) atoms. The van der Waals surface area contributed by atoms with E-state index in [1.807, 2.05) is 201 Å². The Morgan fingerprint density at radius 1 is 0.438 bits per heavy atom. The number of nitrogens with zero attached hydrogens (tertiary/aromatic N) is 22. The average molecular weight is 1850 g/mol. The zero-order valence-electron chi connectivity index (χ0n) is 80.0. The molecule has 8 N–H and O–H groups in total. The van der Waals surface area contributed by atoms with Crippen molar-refractivity contribution >= 4 is 80.3 Å². The molecule has 0 atom stereocenters. The molecular formula is C92H129BrN30O7. The molecule has 4 aliphatic rings. The summed E-state index contributed by atoms with van der Waals surface area (Å²) in [5, 5.41) is 61.1. The zero-order chi connectivity index (χ0) is 95.0. The SMILES string of the molecule is CCc1cc(C(=O)N(C)C)cc(NC)n1.CCc1cc(C(=O)OC)cc(Br)n1.CCc1cc(C(=O)OC)cc(C)n1.CNc1cc(-c2c(C)noc2C)ccn1.CNc1cc(-c2nnnn2C)cc(C)n1.CNc1cc(-c2noc(C)n2)cc(C)n1.CNc1cc(C2CC2)nn1C.CNc1cc(C2CC2)nn1C.CNc1cc(C2CC2)nn1C.CNc1cc(C2CC2)nn1C. The fourth-order valence-electron chi connectivity index (χ4n) is 13.0. The quantitative estimate of drug-likeness (QED) is 0.0245. The molecule has 4 saturated carbocycles. The van der Waals surface area contributed by atoms with Crippen LogP contribution in [-0.4, -0.2) is 212 Å². The molecule has 696 valence electrons. The predicted molar refractivity (Wildman–Crippen MR) is 514 cm³/mol. The summed E-state index contributed by atoms with van der Waals surface area (Å²) in [6, 6.07) is 30.6. The van der Waals surface area contributed by atoms with Gasteiger partial charge in [0.15, 0.2) is 5.82 Å². The molecule has 13 aromatic heterocycles. The highest BCUT2D eigenvalue weighted by molar-refractivity contribution is 9.10. The highest BCUT2D eigenvalue weighted by Gasteiger charge is 2.30. The van der Waals surface area contributed by atoms with Crippen molar-refractivity contribution in [3.8, 4) is 33.9 Å². The van der Waals surface area contributed by atoms with Crippen LogP contribution < -0.4 is 42.5 Å². The molecule has 38 heteroatoms. The van der Waals surface area contributed by atoms with Gasteiger partial charge in [0.1, 0.15) is 56.9 Å². The lowest BCUT2D eigenvalue weighted by molar-refractivity contribution is 0.0591. The molecule has 0 unspecified atom stereocenters. The normalized spacial score (nSPS) is 12.4. The third-order valence-electron chi connectivity index (χ3n) is 20.6. The van der Waals surface area contributed by atoms with Crippen LogP contribution in [0.15, 0.2) is 117 Å². The molecule has 13 aromatic rings. The van der Waals surface area contributed by atoms with Crippen molar-refractivity contribution in [1.82, 2.24) is 109 Å². The second-order valence-corrected chi connectivity index (χ2v) is 32.0. The van der Waals surface area contributed by atoms with Gasteiger partial charge in [-0.25, -0.2) is 39.2 Å². The van der Waals surface area contributed by atoms with Gasteiger partial charge in [0.25, 0.3) is 5.91 Å². The Balaban J connectivity index is 0.000000179. The summed E-state index contributed by atoms with van der Waals surface area (Å²) >= 11 is 3.23. The van der Waals surface area contributed by atoms with Crippen molar-refractivity contribution in [2.45, 2.75) is 157 Å². The predicted octanol–water partition coefficient (Wildman–Crippen LogP) is 15.5.